The zero-order valence-electron chi connectivity index (χ0n) is 13.5. The molecule has 0 saturated carbocycles. The molecule has 2 aromatic heterocycles. The number of rotatable bonds is 7. The minimum Gasteiger partial charge on any atom is -0.451 e. The fourth-order valence-electron chi connectivity index (χ4n) is 2.36. The number of nitrogens with zero attached hydrogens (tertiary/aromatic N) is 1. The van der Waals surface area contributed by atoms with Crippen molar-refractivity contribution in [3.8, 4) is 0 Å². The van der Waals surface area contributed by atoms with Crippen LogP contribution in [0.15, 0.2) is 53.2 Å². The maximum absolute atomic E-state index is 13.1. The van der Waals surface area contributed by atoms with E-state index in [1.165, 1.54) is 18.2 Å². The average molecular weight is 364 g/mol. The molecule has 0 fully saturated rings. The Morgan fingerprint density at radius 2 is 2.08 bits per heavy atom. The second-order valence-corrected chi connectivity index (χ2v) is 5.44. The minimum atomic E-state index is -0.352. The van der Waals surface area contributed by atoms with E-state index in [2.05, 4.69) is 15.6 Å². The van der Waals surface area contributed by atoms with Gasteiger partial charge in [-0.1, -0.05) is 6.07 Å². The van der Waals surface area contributed by atoms with Crippen LogP contribution in [0.4, 0.5) is 4.39 Å². The first-order valence-electron chi connectivity index (χ1n) is 7.79. The van der Waals surface area contributed by atoms with Crippen LogP contribution in [0.2, 0.25) is 0 Å². The summed E-state index contributed by atoms with van der Waals surface area (Å²) in [6.07, 6.45) is 4.35. The molecule has 1 amide bonds. The molecule has 0 atom stereocenters. The number of fused-ring (bicyclic) bond motifs is 1. The SMILES string of the molecule is Cl.O=C(NCCCNCc1cccnc1)c1cc2cc(F)ccc2o1. The highest BCUT2D eigenvalue weighted by molar-refractivity contribution is 5.96. The minimum absolute atomic E-state index is 0. The molecule has 2 N–H and O–H groups in total. The molecule has 3 aromatic rings. The third-order valence-corrected chi connectivity index (χ3v) is 3.57. The highest BCUT2D eigenvalue weighted by atomic mass is 35.5. The van der Waals surface area contributed by atoms with Gasteiger partial charge in [0.25, 0.3) is 5.91 Å². The van der Waals surface area contributed by atoms with Crippen LogP contribution >= 0.6 is 12.4 Å². The summed E-state index contributed by atoms with van der Waals surface area (Å²) in [4.78, 5) is 16.1. The number of amides is 1. The highest BCUT2D eigenvalue weighted by Gasteiger charge is 2.11. The summed E-state index contributed by atoms with van der Waals surface area (Å²) >= 11 is 0. The molecule has 0 bridgehead atoms. The Balaban J connectivity index is 0.00000225. The zero-order valence-corrected chi connectivity index (χ0v) is 14.3. The van der Waals surface area contributed by atoms with Crippen molar-refractivity contribution in [2.24, 2.45) is 0 Å². The molecule has 5 nitrogen and oxygen atoms in total. The number of benzene rings is 1. The summed E-state index contributed by atoms with van der Waals surface area (Å²) in [7, 11) is 0. The fraction of sp³-hybridized carbons (Fsp3) is 0.222. The predicted molar refractivity (Wildman–Crippen MR) is 96.3 cm³/mol. The summed E-state index contributed by atoms with van der Waals surface area (Å²) in [5.41, 5.74) is 1.62. The average Bonchev–Trinajstić information content (AvgIpc) is 3.02. The van der Waals surface area contributed by atoms with Crippen molar-refractivity contribution in [3.05, 3.63) is 65.9 Å². The Hall–Kier alpha value is -2.44. The molecule has 0 unspecified atom stereocenters. The van der Waals surface area contributed by atoms with Crippen molar-refractivity contribution in [2.45, 2.75) is 13.0 Å². The van der Waals surface area contributed by atoms with Crippen molar-refractivity contribution in [1.29, 1.82) is 0 Å². The fourth-order valence-corrected chi connectivity index (χ4v) is 2.36. The van der Waals surface area contributed by atoms with Crippen molar-refractivity contribution >= 4 is 29.3 Å². The van der Waals surface area contributed by atoms with Gasteiger partial charge in [-0.05, 0) is 48.9 Å². The Labute approximate surface area is 151 Å². The first-order valence-corrected chi connectivity index (χ1v) is 7.79. The lowest BCUT2D eigenvalue weighted by Gasteiger charge is -2.05. The molecule has 0 spiro atoms. The normalized spacial score (nSPS) is 10.4. The van der Waals surface area contributed by atoms with E-state index in [9.17, 15) is 9.18 Å². The third kappa shape index (κ3) is 5.27. The van der Waals surface area contributed by atoms with Crippen molar-refractivity contribution < 1.29 is 13.6 Å². The van der Waals surface area contributed by atoms with Gasteiger partial charge >= 0.3 is 0 Å². The number of carbonyl (C=O) groups is 1. The Bertz CT molecular complexity index is 824. The van der Waals surface area contributed by atoms with Gasteiger partial charge in [0.2, 0.25) is 0 Å². The van der Waals surface area contributed by atoms with Gasteiger partial charge in [0.15, 0.2) is 5.76 Å². The lowest BCUT2D eigenvalue weighted by molar-refractivity contribution is 0.0927. The second kappa shape index (κ2) is 9.15. The molecular weight excluding hydrogens is 345 g/mol. The number of halogens is 2. The van der Waals surface area contributed by atoms with Crippen LogP contribution in [0, 0.1) is 5.82 Å². The number of carbonyl (C=O) groups excluding carboxylic acids is 1. The molecule has 2 heterocycles. The summed E-state index contributed by atoms with van der Waals surface area (Å²) in [5.74, 6) is -0.451. The number of pyridine rings is 1. The monoisotopic (exact) mass is 363 g/mol. The number of furan rings is 1. The van der Waals surface area contributed by atoms with Crippen LogP contribution in [0.3, 0.4) is 0 Å². The molecule has 25 heavy (non-hydrogen) atoms. The predicted octanol–water partition coefficient (Wildman–Crippen LogP) is 3.30. The second-order valence-electron chi connectivity index (χ2n) is 5.44. The van der Waals surface area contributed by atoms with E-state index in [1.54, 1.807) is 12.3 Å². The van der Waals surface area contributed by atoms with Crippen LogP contribution in [-0.2, 0) is 6.54 Å². The van der Waals surface area contributed by atoms with Gasteiger partial charge in [-0.15, -0.1) is 12.4 Å². The van der Waals surface area contributed by atoms with E-state index in [-0.39, 0.29) is 29.9 Å². The lowest BCUT2D eigenvalue weighted by atomic mass is 10.2. The van der Waals surface area contributed by atoms with Crippen LogP contribution in [0.1, 0.15) is 22.5 Å². The van der Waals surface area contributed by atoms with Gasteiger partial charge < -0.3 is 15.1 Å². The quantitative estimate of drug-likeness (QED) is 0.632. The van der Waals surface area contributed by atoms with E-state index in [0.29, 0.717) is 17.5 Å². The third-order valence-electron chi connectivity index (χ3n) is 3.57. The van der Waals surface area contributed by atoms with Crippen LogP contribution in [0.25, 0.3) is 11.0 Å². The number of hydrogen-bond acceptors (Lipinski definition) is 4. The Kier molecular flexibility index (Phi) is 6.91. The van der Waals surface area contributed by atoms with Gasteiger partial charge in [-0.3, -0.25) is 9.78 Å². The number of hydrogen-bond donors (Lipinski definition) is 2. The summed E-state index contributed by atoms with van der Waals surface area (Å²) in [6, 6.07) is 9.63. The summed E-state index contributed by atoms with van der Waals surface area (Å²) in [5, 5.41) is 6.66. The van der Waals surface area contributed by atoms with Crippen molar-refractivity contribution in [1.82, 2.24) is 15.6 Å². The van der Waals surface area contributed by atoms with Gasteiger partial charge in [0.1, 0.15) is 11.4 Å². The first kappa shape index (κ1) is 18.9. The summed E-state index contributed by atoms with van der Waals surface area (Å²) in [6.45, 7) is 2.06. The van der Waals surface area contributed by atoms with Crippen molar-refractivity contribution in [3.63, 3.8) is 0 Å². The van der Waals surface area contributed by atoms with Gasteiger partial charge in [0, 0.05) is 30.9 Å². The van der Waals surface area contributed by atoms with Crippen LogP contribution in [0.5, 0.6) is 0 Å². The van der Waals surface area contributed by atoms with Gasteiger partial charge in [-0.25, -0.2) is 4.39 Å². The smallest absolute Gasteiger partial charge is 0.287 e. The highest BCUT2D eigenvalue weighted by Crippen LogP contribution is 2.20. The Morgan fingerprint density at radius 3 is 2.88 bits per heavy atom. The van der Waals surface area contributed by atoms with Crippen molar-refractivity contribution in [2.75, 3.05) is 13.1 Å². The molecule has 0 saturated heterocycles. The molecule has 0 aliphatic carbocycles. The number of nitrogens with one attached hydrogen (secondary N) is 2. The van der Waals surface area contributed by atoms with E-state index < -0.39 is 0 Å². The van der Waals surface area contributed by atoms with Gasteiger partial charge in [0.05, 0.1) is 0 Å². The summed E-state index contributed by atoms with van der Waals surface area (Å²) < 4.78 is 18.6. The first-order chi connectivity index (χ1) is 11.7. The molecule has 0 aliphatic heterocycles. The van der Waals surface area contributed by atoms with E-state index in [0.717, 1.165) is 25.1 Å². The molecule has 132 valence electrons. The largest absolute Gasteiger partial charge is 0.451 e. The van der Waals surface area contributed by atoms with Crippen LogP contribution in [-0.4, -0.2) is 24.0 Å². The molecule has 3 rings (SSSR count). The molecule has 0 aliphatic rings. The molecule has 0 radical (unpaired) electrons. The maximum Gasteiger partial charge on any atom is 0.287 e. The molecule has 1 aromatic carbocycles. The number of aromatic nitrogens is 1. The molecule has 7 heteroatoms. The van der Waals surface area contributed by atoms with Crippen LogP contribution < -0.4 is 10.6 Å². The standard InChI is InChI=1S/C18H18FN3O2.ClH/c19-15-4-5-16-14(9-15)10-17(24-16)18(23)22-8-2-7-21-12-13-3-1-6-20-11-13;/h1,3-6,9-11,21H,2,7-8,12H2,(H,22,23);1H. The van der Waals surface area contributed by atoms with E-state index >= 15 is 0 Å². The maximum atomic E-state index is 13.1. The zero-order chi connectivity index (χ0) is 16.8. The lowest BCUT2D eigenvalue weighted by Crippen LogP contribution is -2.26. The van der Waals surface area contributed by atoms with E-state index in [4.69, 9.17) is 4.42 Å². The Morgan fingerprint density at radius 1 is 1.20 bits per heavy atom. The van der Waals surface area contributed by atoms with Gasteiger partial charge in [-0.2, -0.15) is 0 Å². The topological polar surface area (TPSA) is 67.2 Å². The molecular formula is C18H19ClFN3O2. The van der Waals surface area contributed by atoms with E-state index in [1.807, 2.05) is 18.3 Å².